The first-order valence-electron chi connectivity index (χ1n) is 5.93. The first-order chi connectivity index (χ1) is 8.99. The number of rotatable bonds is 6. The van der Waals surface area contributed by atoms with Gasteiger partial charge in [0.2, 0.25) is 0 Å². The summed E-state index contributed by atoms with van der Waals surface area (Å²) in [6.45, 7) is 2.01. The van der Waals surface area contributed by atoms with Crippen LogP contribution in [0.25, 0.3) is 0 Å². The van der Waals surface area contributed by atoms with Crippen molar-refractivity contribution in [2.45, 2.75) is 25.8 Å². The Hall–Kier alpha value is -1.14. The molecule has 4 nitrogen and oxygen atoms in total. The minimum Gasteiger partial charge on any atom is -0.497 e. The summed E-state index contributed by atoms with van der Waals surface area (Å²) in [4.78, 5) is 12.5. The maximum absolute atomic E-state index is 12.2. The van der Waals surface area contributed by atoms with Gasteiger partial charge in [-0.15, -0.1) is 0 Å². The Labute approximate surface area is 126 Å². The number of carbonyl (C=O) groups excluding carboxylic acids is 1. The zero-order valence-corrected chi connectivity index (χ0v) is 13.3. The fraction of sp³-hybridized carbons (Fsp3) is 0.385. The van der Waals surface area contributed by atoms with E-state index in [-0.39, 0.29) is 11.9 Å². The van der Waals surface area contributed by atoms with Gasteiger partial charge in [0, 0.05) is 4.47 Å². The molecule has 0 aliphatic carbocycles. The third-order valence-electron chi connectivity index (χ3n) is 2.64. The maximum Gasteiger partial charge on any atom is 0.253 e. The van der Waals surface area contributed by atoms with Crippen LogP contribution in [-0.4, -0.2) is 24.0 Å². The van der Waals surface area contributed by atoms with E-state index in [9.17, 15) is 4.79 Å². The molecule has 0 heterocycles. The molecule has 0 bridgehead atoms. The van der Waals surface area contributed by atoms with Crippen LogP contribution in [0.2, 0.25) is 0 Å². The van der Waals surface area contributed by atoms with Crippen molar-refractivity contribution in [1.82, 2.24) is 5.32 Å². The highest BCUT2D eigenvalue weighted by Crippen LogP contribution is 2.22. The van der Waals surface area contributed by atoms with Crippen LogP contribution in [0.1, 0.15) is 30.1 Å². The smallest absolute Gasteiger partial charge is 0.253 e. The predicted molar refractivity (Wildman–Crippen MR) is 83.6 cm³/mol. The second-order valence-electron chi connectivity index (χ2n) is 4.06. The van der Waals surface area contributed by atoms with Gasteiger partial charge in [-0.1, -0.05) is 25.6 Å². The zero-order chi connectivity index (χ0) is 14.4. The Morgan fingerprint density at radius 3 is 2.79 bits per heavy atom. The van der Waals surface area contributed by atoms with Crippen molar-refractivity contribution >= 4 is 39.0 Å². The molecule has 0 saturated heterocycles. The fourth-order valence-corrected chi connectivity index (χ4v) is 2.22. The standard InChI is InChI=1S/C13H17BrN2O2S/c1-3-4-11(12(15)19)16-13(17)9-7-8(18-2)5-6-10(9)14/h5-7,11H,3-4H2,1-2H3,(H2,15,19)(H,16,17). The van der Waals surface area contributed by atoms with Gasteiger partial charge in [0.1, 0.15) is 5.75 Å². The summed E-state index contributed by atoms with van der Waals surface area (Å²) in [5, 5.41) is 2.84. The lowest BCUT2D eigenvalue weighted by Gasteiger charge is -2.17. The van der Waals surface area contributed by atoms with Crippen molar-refractivity contribution in [3.63, 3.8) is 0 Å². The molecule has 1 unspecified atom stereocenters. The van der Waals surface area contributed by atoms with Gasteiger partial charge in [-0.05, 0) is 40.5 Å². The Bertz CT molecular complexity index is 480. The average Bonchev–Trinajstić information content (AvgIpc) is 2.38. The summed E-state index contributed by atoms with van der Waals surface area (Å²) in [7, 11) is 1.56. The largest absolute Gasteiger partial charge is 0.497 e. The molecule has 0 aromatic heterocycles. The van der Waals surface area contributed by atoms with Crippen LogP contribution in [-0.2, 0) is 0 Å². The van der Waals surface area contributed by atoms with Gasteiger partial charge in [0.05, 0.1) is 23.7 Å². The average molecular weight is 345 g/mol. The third-order valence-corrected chi connectivity index (χ3v) is 3.62. The number of ether oxygens (including phenoxy) is 1. The lowest BCUT2D eigenvalue weighted by Crippen LogP contribution is -2.43. The topological polar surface area (TPSA) is 64.3 Å². The van der Waals surface area contributed by atoms with Gasteiger partial charge in [-0.25, -0.2) is 0 Å². The fourth-order valence-electron chi connectivity index (χ4n) is 1.62. The number of benzene rings is 1. The third kappa shape index (κ3) is 4.47. The first-order valence-corrected chi connectivity index (χ1v) is 7.13. The zero-order valence-electron chi connectivity index (χ0n) is 10.9. The van der Waals surface area contributed by atoms with Crippen LogP contribution in [0.3, 0.4) is 0 Å². The van der Waals surface area contributed by atoms with Crippen molar-refractivity contribution in [2.24, 2.45) is 5.73 Å². The van der Waals surface area contributed by atoms with E-state index in [1.54, 1.807) is 25.3 Å². The van der Waals surface area contributed by atoms with Gasteiger partial charge in [-0.3, -0.25) is 4.79 Å². The summed E-state index contributed by atoms with van der Waals surface area (Å²) in [6.07, 6.45) is 1.62. The van der Waals surface area contributed by atoms with Crippen LogP contribution in [0.15, 0.2) is 22.7 Å². The molecule has 0 saturated carbocycles. The highest BCUT2D eigenvalue weighted by atomic mass is 79.9. The first kappa shape index (κ1) is 15.9. The molecule has 0 radical (unpaired) electrons. The Morgan fingerprint density at radius 1 is 1.58 bits per heavy atom. The number of halogens is 1. The Morgan fingerprint density at radius 2 is 2.26 bits per heavy atom. The van der Waals surface area contributed by atoms with Crippen LogP contribution in [0, 0.1) is 0 Å². The number of amides is 1. The number of thiocarbonyl (C=S) groups is 1. The number of hydrogen-bond donors (Lipinski definition) is 2. The minimum atomic E-state index is -0.286. The predicted octanol–water partition coefficient (Wildman–Crippen LogP) is 2.64. The summed E-state index contributed by atoms with van der Waals surface area (Å²) < 4.78 is 5.81. The van der Waals surface area contributed by atoms with Crippen LogP contribution in [0.4, 0.5) is 0 Å². The van der Waals surface area contributed by atoms with E-state index < -0.39 is 0 Å². The van der Waals surface area contributed by atoms with E-state index in [2.05, 4.69) is 21.2 Å². The van der Waals surface area contributed by atoms with E-state index >= 15 is 0 Å². The van der Waals surface area contributed by atoms with Crippen molar-refractivity contribution in [1.29, 1.82) is 0 Å². The molecule has 0 spiro atoms. The van der Waals surface area contributed by atoms with Crippen molar-refractivity contribution in [2.75, 3.05) is 7.11 Å². The lowest BCUT2D eigenvalue weighted by atomic mass is 10.1. The molecule has 104 valence electrons. The molecule has 0 aliphatic heterocycles. The SMILES string of the molecule is CCCC(NC(=O)c1cc(OC)ccc1Br)C(N)=S. The maximum atomic E-state index is 12.2. The second kappa shape index (κ2) is 7.45. The normalized spacial score (nSPS) is 11.7. The number of hydrogen-bond acceptors (Lipinski definition) is 3. The molecule has 0 aliphatic rings. The lowest BCUT2D eigenvalue weighted by molar-refractivity contribution is 0.0944. The Kier molecular flexibility index (Phi) is 6.24. The highest BCUT2D eigenvalue weighted by molar-refractivity contribution is 9.10. The van der Waals surface area contributed by atoms with Gasteiger partial charge in [-0.2, -0.15) is 0 Å². The van der Waals surface area contributed by atoms with E-state index in [4.69, 9.17) is 22.7 Å². The van der Waals surface area contributed by atoms with Crippen LogP contribution < -0.4 is 15.8 Å². The summed E-state index contributed by atoms with van der Waals surface area (Å²) in [5.74, 6) is 0.396. The van der Waals surface area contributed by atoms with E-state index in [0.29, 0.717) is 20.8 Å². The quantitative estimate of drug-likeness (QED) is 0.778. The summed E-state index contributed by atoms with van der Waals surface area (Å²) in [5.41, 5.74) is 6.12. The molecule has 1 aromatic rings. The molecule has 1 rings (SSSR count). The van der Waals surface area contributed by atoms with Crippen molar-refractivity contribution < 1.29 is 9.53 Å². The molecule has 19 heavy (non-hydrogen) atoms. The van der Waals surface area contributed by atoms with Crippen molar-refractivity contribution in [3.05, 3.63) is 28.2 Å². The van der Waals surface area contributed by atoms with Gasteiger partial charge >= 0.3 is 0 Å². The van der Waals surface area contributed by atoms with E-state index in [1.165, 1.54) is 0 Å². The molecule has 1 aromatic carbocycles. The number of nitrogens with one attached hydrogen (secondary N) is 1. The monoisotopic (exact) mass is 344 g/mol. The molecular formula is C13H17BrN2O2S. The van der Waals surface area contributed by atoms with Gasteiger partial charge in [0.15, 0.2) is 0 Å². The van der Waals surface area contributed by atoms with Gasteiger partial charge < -0.3 is 15.8 Å². The molecule has 6 heteroatoms. The highest BCUT2D eigenvalue weighted by Gasteiger charge is 2.17. The molecule has 1 atom stereocenters. The van der Waals surface area contributed by atoms with Crippen LogP contribution >= 0.6 is 28.1 Å². The summed E-state index contributed by atoms with van der Waals surface area (Å²) >= 11 is 8.30. The number of carbonyl (C=O) groups is 1. The number of methoxy groups -OCH3 is 1. The molecular weight excluding hydrogens is 328 g/mol. The Balaban J connectivity index is 2.90. The molecule has 3 N–H and O–H groups in total. The van der Waals surface area contributed by atoms with Crippen LogP contribution in [0.5, 0.6) is 5.75 Å². The van der Waals surface area contributed by atoms with E-state index in [1.807, 2.05) is 6.92 Å². The summed E-state index contributed by atoms with van der Waals surface area (Å²) in [6, 6.07) is 4.93. The minimum absolute atomic E-state index is 0.225. The number of nitrogens with two attached hydrogens (primary N) is 1. The van der Waals surface area contributed by atoms with E-state index in [0.717, 1.165) is 12.8 Å². The van der Waals surface area contributed by atoms with Crippen molar-refractivity contribution in [3.8, 4) is 5.75 Å². The molecule has 0 fully saturated rings. The second-order valence-corrected chi connectivity index (χ2v) is 5.39. The molecule has 1 amide bonds. The van der Waals surface area contributed by atoms with Gasteiger partial charge in [0.25, 0.3) is 5.91 Å².